The van der Waals surface area contributed by atoms with Gasteiger partial charge in [0.1, 0.15) is 0 Å². The fourth-order valence-corrected chi connectivity index (χ4v) is 3.12. The van der Waals surface area contributed by atoms with Crippen LogP contribution in [0, 0.1) is 5.92 Å². The third-order valence-corrected chi connectivity index (χ3v) is 3.76. The Morgan fingerprint density at radius 3 is 2.67 bits per heavy atom. The molecule has 0 aromatic carbocycles. The van der Waals surface area contributed by atoms with Crippen LogP contribution in [0.3, 0.4) is 0 Å². The Balaban J connectivity index is 1.99. The van der Waals surface area contributed by atoms with Crippen LogP contribution in [0.1, 0.15) is 45.4 Å². The highest BCUT2D eigenvalue weighted by Crippen LogP contribution is 2.34. The SMILES string of the molecule is CCN1CCC[C@H]2CCCC[C@@H]21. The molecule has 1 saturated heterocycles. The van der Waals surface area contributed by atoms with Gasteiger partial charge in [0.05, 0.1) is 0 Å². The minimum absolute atomic E-state index is 0.970. The molecular weight excluding hydrogens is 146 g/mol. The Bertz CT molecular complexity index is 135. The van der Waals surface area contributed by atoms with E-state index in [9.17, 15) is 0 Å². The molecule has 0 spiro atoms. The molecule has 0 aromatic heterocycles. The summed E-state index contributed by atoms with van der Waals surface area (Å²) in [7, 11) is 0. The molecular formula is C11H21N. The van der Waals surface area contributed by atoms with Crippen molar-refractivity contribution in [2.75, 3.05) is 13.1 Å². The first-order valence-corrected chi connectivity index (χ1v) is 5.66. The number of piperidine rings is 1. The van der Waals surface area contributed by atoms with Crippen molar-refractivity contribution in [1.29, 1.82) is 0 Å². The third-order valence-electron chi connectivity index (χ3n) is 3.76. The number of nitrogens with zero attached hydrogens (tertiary/aromatic N) is 1. The van der Waals surface area contributed by atoms with E-state index in [2.05, 4.69) is 11.8 Å². The van der Waals surface area contributed by atoms with Gasteiger partial charge in [0.25, 0.3) is 0 Å². The minimum Gasteiger partial charge on any atom is -0.300 e. The first-order valence-electron chi connectivity index (χ1n) is 5.66. The first-order chi connectivity index (χ1) is 5.92. The van der Waals surface area contributed by atoms with Crippen LogP contribution in [0.4, 0.5) is 0 Å². The normalized spacial score (nSPS) is 37.8. The summed E-state index contributed by atoms with van der Waals surface area (Å²) in [6.45, 7) is 4.97. The van der Waals surface area contributed by atoms with Crippen LogP contribution in [0.5, 0.6) is 0 Å². The van der Waals surface area contributed by atoms with Crippen molar-refractivity contribution < 1.29 is 0 Å². The molecule has 0 unspecified atom stereocenters. The molecule has 2 aliphatic rings. The van der Waals surface area contributed by atoms with E-state index in [4.69, 9.17) is 0 Å². The highest BCUT2D eigenvalue weighted by Gasteiger charge is 2.31. The molecule has 2 atom stereocenters. The minimum atomic E-state index is 0.970. The molecule has 0 bridgehead atoms. The molecule has 1 nitrogen and oxygen atoms in total. The summed E-state index contributed by atoms with van der Waals surface area (Å²) in [5.41, 5.74) is 0. The number of likely N-dealkylation sites (tertiary alicyclic amines) is 1. The van der Waals surface area contributed by atoms with Crippen molar-refractivity contribution in [3.8, 4) is 0 Å². The Morgan fingerprint density at radius 2 is 1.83 bits per heavy atom. The number of hydrogen-bond donors (Lipinski definition) is 0. The standard InChI is InChI=1S/C11H21N/c1-2-12-9-5-7-10-6-3-4-8-11(10)12/h10-11H,2-9H2,1H3/t10-,11+/m1/s1. The molecule has 1 aliphatic carbocycles. The number of rotatable bonds is 1. The number of hydrogen-bond acceptors (Lipinski definition) is 1. The van der Waals surface area contributed by atoms with Gasteiger partial charge in [-0.25, -0.2) is 0 Å². The Hall–Kier alpha value is -0.0400. The highest BCUT2D eigenvalue weighted by molar-refractivity contribution is 4.86. The summed E-state index contributed by atoms with van der Waals surface area (Å²) < 4.78 is 0. The molecule has 1 heteroatoms. The molecule has 2 rings (SSSR count). The molecule has 70 valence electrons. The Labute approximate surface area is 76.1 Å². The van der Waals surface area contributed by atoms with Crippen LogP contribution >= 0.6 is 0 Å². The van der Waals surface area contributed by atoms with Gasteiger partial charge in [-0.3, -0.25) is 0 Å². The molecule has 0 amide bonds. The quantitative estimate of drug-likeness (QED) is 0.580. The van der Waals surface area contributed by atoms with E-state index in [1.807, 2.05) is 0 Å². The fraction of sp³-hybridized carbons (Fsp3) is 1.00. The fourth-order valence-electron chi connectivity index (χ4n) is 3.12. The predicted octanol–water partition coefficient (Wildman–Crippen LogP) is 2.66. The molecule has 1 saturated carbocycles. The zero-order valence-electron chi connectivity index (χ0n) is 8.26. The lowest BCUT2D eigenvalue weighted by Gasteiger charge is -2.43. The van der Waals surface area contributed by atoms with Crippen LogP contribution in [0.2, 0.25) is 0 Å². The summed E-state index contributed by atoms with van der Waals surface area (Å²) >= 11 is 0. The van der Waals surface area contributed by atoms with Crippen LogP contribution in [-0.2, 0) is 0 Å². The van der Waals surface area contributed by atoms with Gasteiger partial charge >= 0.3 is 0 Å². The van der Waals surface area contributed by atoms with Gasteiger partial charge in [-0.2, -0.15) is 0 Å². The van der Waals surface area contributed by atoms with Gasteiger partial charge in [-0.15, -0.1) is 0 Å². The summed E-state index contributed by atoms with van der Waals surface area (Å²) in [6, 6.07) is 0.970. The van der Waals surface area contributed by atoms with Gasteiger partial charge < -0.3 is 4.90 Å². The number of fused-ring (bicyclic) bond motifs is 1. The smallest absolute Gasteiger partial charge is 0.0123 e. The predicted molar refractivity (Wildman–Crippen MR) is 52.2 cm³/mol. The topological polar surface area (TPSA) is 3.24 Å². The zero-order chi connectivity index (χ0) is 8.39. The highest BCUT2D eigenvalue weighted by atomic mass is 15.2. The van der Waals surface area contributed by atoms with Crippen molar-refractivity contribution in [1.82, 2.24) is 4.90 Å². The van der Waals surface area contributed by atoms with E-state index < -0.39 is 0 Å². The monoisotopic (exact) mass is 167 g/mol. The average molecular weight is 167 g/mol. The van der Waals surface area contributed by atoms with Crippen molar-refractivity contribution in [2.24, 2.45) is 5.92 Å². The van der Waals surface area contributed by atoms with E-state index in [0.29, 0.717) is 0 Å². The van der Waals surface area contributed by atoms with Crippen LogP contribution in [0.25, 0.3) is 0 Å². The molecule has 0 radical (unpaired) electrons. The van der Waals surface area contributed by atoms with Gasteiger partial charge in [0, 0.05) is 6.04 Å². The summed E-state index contributed by atoms with van der Waals surface area (Å²) in [4.78, 5) is 2.72. The van der Waals surface area contributed by atoms with Gasteiger partial charge in [-0.05, 0) is 44.7 Å². The van der Waals surface area contributed by atoms with E-state index >= 15 is 0 Å². The first kappa shape index (κ1) is 8.55. The second-order valence-corrected chi connectivity index (χ2v) is 4.38. The molecule has 0 aromatic rings. The largest absolute Gasteiger partial charge is 0.300 e. The Kier molecular flexibility index (Phi) is 2.69. The second-order valence-electron chi connectivity index (χ2n) is 4.38. The lowest BCUT2D eigenvalue weighted by atomic mass is 9.78. The maximum atomic E-state index is 2.72. The summed E-state index contributed by atoms with van der Waals surface area (Å²) in [6.07, 6.45) is 8.95. The van der Waals surface area contributed by atoms with Crippen molar-refractivity contribution in [3.05, 3.63) is 0 Å². The van der Waals surface area contributed by atoms with Crippen LogP contribution in [0.15, 0.2) is 0 Å². The average Bonchev–Trinajstić information content (AvgIpc) is 2.17. The van der Waals surface area contributed by atoms with Crippen molar-refractivity contribution in [2.45, 2.75) is 51.5 Å². The molecule has 1 aliphatic heterocycles. The zero-order valence-corrected chi connectivity index (χ0v) is 8.26. The maximum absolute atomic E-state index is 2.72. The van der Waals surface area contributed by atoms with Gasteiger partial charge in [-0.1, -0.05) is 19.8 Å². The van der Waals surface area contributed by atoms with Gasteiger partial charge in [0.15, 0.2) is 0 Å². The lowest BCUT2D eigenvalue weighted by molar-refractivity contribution is 0.0657. The second kappa shape index (κ2) is 3.78. The molecule has 12 heavy (non-hydrogen) atoms. The van der Waals surface area contributed by atoms with Crippen LogP contribution < -0.4 is 0 Å². The lowest BCUT2D eigenvalue weighted by Crippen LogP contribution is -2.46. The van der Waals surface area contributed by atoms with Crippen molar-refractivity contribution >= 4 is 0 Å². The maximum Gasteiger partial charge on any atom is 0.0123 e. The molecule has 1 heterocycles. The molecule has 2 fully saturated rings. The van der Waals surface area contributed by atoms with Crippen molar-refractivity contribution in [3.63, 3.8) is 0 Å². The Morgan fingerprint density at radius 1 is 1.08 bits per heavy atom. The third kappa shape index (κ3) is 1.52. The summed E-state index contributed by atoms with van der Waals surface area (Å²) in [5, 5.41) is 0. The van der Waals surface area contributed by atoms with E-state index in [1.54, 1.807) is 0 Å². The van der Waals surface area contributed by atoms with E-state index in [0.717, 1.165) is 12.0 Å². The molecule has 0 N–H and O–H groups in total. The summed E-state index contributed by atoms with van der Waals surface area (Å²) in [5.74, 6) is 1.06. The van der Waals surface area contributed by atoms with Gasteiger partial charge in [0.2, 0.25) is 0 Å². The van der Waals surface area contributed by atoms with E-state index in [-0.39, 0.29) is 0 Å². The van der Waals surface area contributed by atoms with E-state index in [1.165, 1.54) is 51.6 Å². The van der Waals surface area contributed by atoms with Crippen LogP contribution in [-0.4, -0.2) is 24.0 Å².